The molecule has 0 aliphatic heterocycles. The van der Waals surface area contributed by atoms with Crippen LogP contribution in [0.25, 0.3) is 0 Å². The first-order valence-corrected chi connectivity index (χ1v) is 9.34. The van der Waals surface area contributed by atoms with Gasteiger partial charge in [-0.05, 0) is 62.6 Å². The second kappa shape index (κ2) is 7.43. The van der Waals surface area contributed by atoms with Crippen molar-refractivity contribution in [2.75, 3.05) is 12.4 Å². The molecule has 1 aliphatic carbocycles. The van der Waals surface area contributed by atoms with Gasteiger partial charge in [0.2, 0.25) is 0 Å². The zero-order valence-electron chi connectivity index (χ0n) is 10.4. The van der Waals surface area contributed by atoms with E-state index in [4.69, 9.17) is 11.6 Å². The van der Waals surface area contributed by atoms with Crippen molar-refractivity contribution in [2.24, 2.45) is 11.8 Å². The molecule has 1 aliphatic rings. The summed E-state index contributed by atoms with van der Waals surface area (Å²) >= 11 is 14.3. The van der Waals surface area contributed by atoms with E-state index < -0.39 is 0 Å². The standard InChI is InChI=1S/C13H16Br2ClNOS/c14-11-5-10(12(15)19-11)13(18)17-7-9-4-2-1-3-8(9)6-16/h5,8-9H,1-4,6-7H2,(H,17,18). The van der Waals surface area contributed by atoms with Crippen LogP contribution >= 0.6 is 54.8 Å². The number of hydrogen-bond donors (Lipinski definition) is 1. The summed E-state index contributed by atoms with van der Waals surface area (Å²) in [5, 5.41) is 3.05. The number of carbonyl (C=O) groups excluding carboxylic acids is 1. The minimum atomic E-state index is -0.00674. The Hall–Kier alpha value is 0.420. The number of rotatable bonds is 4. The van der Waals surface area contributed by atoms with Crippen LogP contribution in [0.15, 0.2) is 13.6 Å². The molecule has 0 spiro atoms. The van der Waals surface area contributed by atoms with Crippen molar-refractivity contribution in [1.29, 1.82) is 0 Å². The lowest BCUT2D eigenvalue weighted by molar-refractivity contribution is 0.0936. The van der Waals surface area contributed by atoms with Crippen LogP contribution in [-0.2, 0) is 0 Å². The predicted molar refractivity (Wildman–Crippen MR) is 88.2 cm³/mol. The summed E-state index contributed by atoms with van der Waals surface area (Å²) in [5.74, 6) is 1.77. The van der Waals surface area contributed by atoms with Crippen LogP contribution in [0.3, 0.4) is 0 Å². The zero-order chi connectivity index (χ0) is 13.8. The third-order valence-electron chi connectivity index (χ3n) is 3.69. The van der Waals surface area contributed by atoms with Crippen molar-refractivity contribution in [3.63, 3.8) is 0 Å². The molecular formula is C13H16Br2ClNOS. The van der Waals surface area contributed by atoms with Gasteiger partial charge in [0.05, 0.1) is 13.1 Å². The van der Waals surface area contributed by atoms with E-state index in [1.807, 2.05) is 6.07 Å². The topological polar surface area (TPSA) is 29.1 Å². The molecule has 1 aromatic rings. The van der Waals surface area contributed by atoms with E-state index in [0.29, 0.717) is 23.3 Å². The van der Waals surface area contributed by atoms with Crippen molar-refractivity contribution in [3.05, 3.63) is 19.2 Å². The third kappa shape index (κ3) is 4.19. The molecule has 2 atom stereocenters. The van der Waals surface area contributed by atoms with Gasteiger partial charge in [0.25, 0.3) is 5.91 Å². The first kappa shape index (κ1) is 15.8. The minimum Gasteiger partial charge on any atom is -0.352 e. The average molecular weight is 430 g/mol. The lowest BCUT2D eigenvalue weighted by Crippen LogP contribution is -2.34. The summed E-state index contributed by atoms with van der Waals surface area (Å²) in [5.41, 5.74) is 0.704. The summed E-state index contributed by atoms with van der Waals surface area (Å²) in [7, 11) is 0. The van der Waals surface area contributed by atoms with Gasteiger partial charge >= 0.3 is 0 Å². The molecule has 0 radical (unpaired) electrons. The van der Waals surface area contributed by atoms with Gasteiger partial charge in [0.1, 0.15) is 0 Å². The van der Waals surface area contributed by atoms with Gasteiger partial charge in [-0.1, -0.05) is 12.8 Å². The normalized spacial score (nSPS) is 23.3. The number of carbonyl (C=O) groups is 1. The minimum absolute atomic E-state index is 0.00674. The SMILES string of the molecule is O=C(NCC1CCCCC1CCl)c1cc(Br)sc1Br. The predicted octanol–water partition coefficient (Wildman–Crippen LogP) is 5.05. The van der Waals surface area contributed by atoms with Gasteiger partial charge in [0, 0.05) is 12.4 Å². The van der Waals surface area contributed by atoms with Crippen molar-refractivity contribution >= 4 is 60.7 Å². The highest BCUT2D eigenvalue weighted by Gasteiger charge is 2.25. The van der Waals surface area contributed by atoms with Gasteiger partial charge in [-0.3, -0.25) is 4.79 Å². The van der Waals surface area contributed by atoms with E-state index in [1.54, 1.807) is 0 Å². The van der Waals surface area contributed by atoms with Crippen LogP contribution in [-0.4, -0.2) is 18.3 Å². The van der Waals surface area contributed by atoms with E-state index in [-0.39, 0.29) is 5.91 Å². The molecule has 6 heteroatoms. The quantitative estimate of drug-likeness (QED) is 0.667. The van der Waals surface area contributed by atoms with Gasteiger partial charge in [-0.25, -0.2) is 0 Å². The highest BCUT2D eigenvalue weighted by Crippen LogP contribution is 2.33. The molecule has 2 unspecified atom stereocenters. The Labute approximate surface area is 139 Å². The highest BCUT2D eigenvalue weighted by molar-refractivity contribution is 9.12. The first-order valence-electron chi connectivity index (χ1n) is 6.40. The molecule has 1 aromatic heterocycles. The van der Waals surface area contributed by atoms with Crippen molar-refractivity contribution in [3.8, 4) is 0 Å². The van der Waals surface area contributed by atoms with Crippen molar-refractivity contribution in [1.82, 2.24) is 5.32 Å². The molecule has 1 saturated carbocycles. The second-order valence-corrected chi connectivity index (χ2v) is 8.96. The number of nitrogens with one attached hydrogen (secondary N) is 1. The summed E-state index contributed by atoms with van der Waals surface area (Å²) in [6.07, 6.45) is 4.89. The Kier molecular flexibility index (Phi) is 6.18. The molecule has 0 aromatic carbocycles. The number of amides is 1. The average Bonchev–Trinajstić information content (AvgIpc) is 2.75. The Morgan fingerprint density at radius 2 is 2.05 bits per heavy atom. The van der Waals surface area contributed by atoms with Crippen LogP contribution in [0.1, 0.15) is 36.0 Å². The highest BCUT2D eigenvalue weighted by atomic mass is 79.9. The van der Waals surface area contributed by atoms with Crippen LogP contribution in [0.5, 0.6) is 0 Å². The number of alkyl halides is 1. The Morgan fingerprint density at radius 3 is 2.63 bits per heavy atom. The summed E-state index contributed by atoms with van der Waals surface area (Å²) in [4.78, 5) is 12.1. The number of halogens is 3. The molecule has 1 fully saturated rings. The largest absolute Gasteiger partial charge is 0.352 e. The molecule has 1 N–H and O–H groups in total. The fourth-order valence-corrected chi connectivity index (χ4v) is 5.77. The maximum atomic E-state index is 12.1. The third-order valence-corrected chi connectivity index (χ3v) is 6.43. The number of thiophene rings is 1. The van der Waals surface area contributed by atoms with Gasteiger partial charge in [-0.15, -0.1) is 22.9 Å². The molecule has 2 rings (SSSR count). The first-order chi connectivity index (χ1) is 9.11. The zero-order valence-corrected chi connectivity index (χ0v) is 15.2. The van der Waals surface area contributed by atoms with Crippen LogP contribution in [0.2, 0.25) is 0 Å². The molecule has 1 heterocycles. The van der Waals surface area contributed by atoms with E-state index in [1.165, 1.54) is 37.0 Å². The fraction of sp³-hybridized carbons (Fsp3) is 0.615. The van der Waals surface area contributed by atoms with Crippen molar-refractivity contribution < 1.29 is 4.79 Å². The van der Waals surface area contributed by atoms with E-state index >= 15 is 0 Å². The van der Waals surface area contributed by atoms with E-state index in [9.17, 15) is 4.79 Å². The molecule has 0 saturated heterocycles. The maximum Gasteiger partial charge on any atom is 0.253 e. The van der Waals surface area contributed by atoms with Gasteiger partial charge in [0.15, 0.2) is 0 Å². The molecule has 0 bridgehead atoms. The monoisotopic (exact) mass is 427 g/mol. The van der Waals surface area contributed by atoms with Crippen molar-refractivity contribution in [2.45, 2.75) is 25.7 Å². The smallest absolute Gasteiger partial charge is 0.253 e. The van der Waals surface area contributed by atoms with Crippen LogP contribution in [0.4, 0.5) is 0 Å². The molecule has 106 valence electrons. The van der Waals surface area contributed by atoms with E-state index in [0.717, 1.165) is 14.1 Å². The lowest BCUT2D eigenvalue weighted by atomic mass is 9.80. The summed E-state index contributed by atoms with van der Waals surface area (Å²) in [6, 6.07) is 1.85. The fourth-order valence-electron chi connectivity index (χ4n) is 2.57. The van der Waals surface area contributed by atoms with Crippen LogP contribution < -0.4 is 5.32 Å². The molecule has 1 amide bonds. The molecule has 19 heavy (non-hydrogen) atoms. The maximum absolute atomic E-state index is 12.1. The summed E-state index contributed by atoms with van der Waals surface area (Å²) in [6.45, 7) is 0.732. The van der Waals surface area contributed by atoms with Gasteiger partial charge < -0.3 is 5.32 Å². The lowest BCUT2D eigenvalue weighted by Gasteiger charge is -2.30. The van der Waals surface area contributed by atoms with E-state index in [2.05, 4.69) is 37.2 Å². The Bertz CT molecular complexity index is 452. The molecular weight excluding hydrogens is 413 g/mol. The van der Waals surface area contributed by atoms with Crippen LogP contribution in [0, 0.1) is 11.8 Å². The number of hydrogen-bond acceptors (Lipinski definition) is 2. The second-order valence-electron chi connectivity index (χ2n) is 4.91. The van der Waals surface area contributed by atoms with Gasteiger partial charge in [-0.2, -0.15) is 0 Å². The Morgan fingerprint density at radius 1 is 1.37 bits per heavy atom. The molecule has 2 nitrogen and oxygen atoms in total. The Balaban J connectivity index is 1.91. The summed E-state index contributed by atoms with van der Waals surface area (Å²) < 4.78 is 1.83.